The number of fused-ring (bicyclic) bond motifs is 1. The Kier molecular flexibility index (Phi) is 4.37. The molecule has 2 aromatic rings. The van der Waals surface area contributed by atoms with Crippen LogP contribution in [-0.2, 0) is 6.42 Å². The van der Waals surface area contributed by atoms with Crippen molar-refractivity contribution in [2.24, 2.45) is 5.73 Å². The van der Waals surface area contributed by atoms with Crippen molar-refractivity contribution in [3.8, 4) is 0 Å². The first-order chi connectivity index (χ1) is 8.81. The third-order valence-corrected chi connectivity index (χ3v) is 3.61. The monoisotopic (exact) mass is 245 g/mol. The Morgan fingerprint density at radius 1 is 1.39 bits per heavy atom. The van der Waals surface area contributed by atoms with E-state index in [9.17, 15) is 0 Å². The second kappa shape index (κ2) is 6.01. The molecule has 1 atom stereocenters. The van der Waals surface area contributed by atoms with Gasteiger partial charge in [0.2, 0.25) is 0 Å². The van der Waals surface area contributed by atoms with Crippen molar-refractivity contribution in [3.63, 3.8) is 0 Å². The highest BCUT2D eigenvalue weighted by Crippen LogP contribution is 2.25. The van der Waals surface area contributed by atoms with Gasteiger partial charge < -0.3 is 10.3 Å². The van der Waals surface area contributed by atoms with Gasteiger partial charge in [-0.15, -0.1) is 0 Å². The van der Waals surface area contributed by atoms with Crippen LogP contribution in [0.1, 0.15) is 44.7 Å². The molecule has 0 radical (unpaired) electrons. The zero-order chi connectivity index (χ0) is 13.0. The van der Waals surface area contributed by atoms with E-state index >= 15 is 0 Å². The summed E-state index contributed by atoms with van der Waals surface area (Å²) in [7, 11) is 0. The molecule has 2 N–H and O–H groups in total. The van der Waals surface area contributed by atoms with Crippen LogP contribution in [0.5, 0.6) is 0 Å². The molecule has 0 aliphatic rings. The highest BCUT2D eigenvalue weighted by atomic mass is 15.1. The topological polar surface area (TPSA) is 43.8 Å². The van der Waals surface area contributed by atoms with E-state index in [0.717, 1.165) is 18.5 Å². The zero-order valence-corrected chi connectivity index (χ0v) is 11.4. The van der Waals surface area contributed by atoms with Gasteiger partial charge in [0.05, 0.1) is 0 Å². The van der Waals surface area contributed by atoms with Crippen LogP contribution in [0.2, 0.25) is 0 Å². The average molecular weight is 245 g/mol. The second-order valence-corrected chi connectivity index (χ2v) is 4.82. The van der Waals surface area contributed by atoms with Crippen LogP contribution < -0.4 is 5.73 Å². The van der Waals surface area contributed by atoms with E-state index in [4.69, 9.17) is 5.73 Å². The molecule has 3 heteroatoms. The van der Waals surface area contributed by atoms with E-state index in [2.05, 4.69) is 35.7 Å². The third kappa shape index (κ3) is 2.41. The minimum atomic E-state index is 0.377. The van der Waals surface area contributed by atoms with E-state index in [1.165, 1.54) is 23.8 Å². The quantitative estimate of drug-likeness (QED) is 0.848. The summed E-state index contributed by atoms with van der Waals surface area (Å²) in [5, 5.41) is 1.27. The van der Waals surface area contributed by atoms with Gasteiger partial charge in [0, 0.05) is 30.4 Å². The summed E-state index contributed by atoms with van der Waals surface area (Å²) in [5.41, 5.74) is 8.39. The van der Waals surface area contributed by atoms with Crippen LogP contribution in [0.25, 0.3) is 11.0 Å². The zero-order valence-electron chi connectivity index (χ0n) is 11.4. The first-order valence-corrected chi connectivity index (χ1v) is 6.96. The van der Waals surface area contributed by atoms with Crippen LogP contribution in [-0.4, -0.2) is 16.1 Å². The molecule has 0 amide bonds. The molecule has 0 saturated heterocycles. The van der Waals surface area contributed by atoms with Gasteiger partial charge in [-0.25, -0.2) is 4.98 Å². The normalized spacial score (nSPS) is 13.1. The summed E-state index contributed by atoms with van der Waals surface area (Å²) in [6.45, 7) is 5.09. The molecule has 0 saturated carbocycles. The molecule has 0 aliphatic heterocycles. The summed E-state index contributed by atoms with van der Waals surface area (Å²) in [4.78, 5) is 4.53. The van der Waals surface area contributed by atoms with E-state index in [1.807, 2.05) is 12.3 Å². The van der Waals surface area contributed by atoms with Crippen molar-refractivity contribution >= 4 is 11.0 Å². The van der Waals surface area contributed by atoms with Crippen molar-refractivity contribution in [1.29, 1.82) is 0 Å². The molecule has 0 spiro atoms. The third-order valence-electron chi connectivity index (χ3n) is 3.61. The van der Waals surface area contributed by atoms with Crippen molar-refractivity contribution in [3.05, 3.63) is 30.1 Å². The molecule has 18 heavy (non-hydrogen) atoms. The summed E-state index contributed by atoms with van der Waals surface area (Å²) < 4.78 is 2.28. The van der Waals surface area contributed by atoms with Crippen LogP contribution in [0.3, 0.4) is 0 Å². The first-order valence-electron chi connectivity index (χ1n) is 6.96. The number of aryl methyl sites for hydroxylation is 1. The van der Waals surface area contributed by atoms with Crippen LogP contribution in [0.15, 0.2) is 24.5 Å². The lowest BCUT2D eigenvalue weighted by Gasteiger charge is -2.17. The van der Waals surface area contributed by atoms with E-state index < -0.39 is 0 Å². The van der Waals surface area contributed by atoms with E-state index in [1.54, 1.807) is 0 Å². The van der Waals surface area contributed by atoms with Crippen LogP contribution >= 0.6 is 0 Å². The molecule has 0 aromatic carbocycles. The number of pyridine rings is 1. The number of rotatable bonds is 6. The Balaban J connectivity index is 2.42. The summed E-state index contributed by atoms with van der Waals surface area (Å²) in [5.74, 6) is 0. The highest BCUT2D eigenvalue weighted by molar-refractivity contribution is 5.80. The maximum atomic E-state index is 5.94. The van der Waals surface area contributed by atoms with Gasteiger partial charge in [0.25, 0.3) is 0 Å². The average Bonchev–Trinajstić information content (AvgIpc) is 2.79. The van der Waals surface area contributed by atoms with E-state index in [0.29, 0.717) is 12.6 Å². The van der Waals surface area contributed by atoms with Gasteiger partial charge in [-0.2, -0.15) is 0 Å². The molecule has 0 aliphatic carbocycles. The highest BCUT2D eigenvalue weighted by Gasteiger charge is 2.14. The molecule has 2 rings (SSSR count). The number of aromatic nitrogens is 2. The lowest BCUT2D eigenvalue weighted by Crippen LogP contribution is -2.18. The lowest BCUT2D eigenvalue weighted by molar-refractivity contribution is 0.467. The maximum Gasteiger partial charge on any atom is 0.140 e. The molecule has 3 nitrogen and oxygen atoms in total. The fraction of sp³-hybridized carbons (Fsp3) is 0.533. The van der Waals surface area contributed by atoms with Crippen molar-refractivity contribution in [2.45, 2.75) is 45.6 Å². The Labute approximate surface area is 109 Å². The Morgan fingerprint density at radius 2 is 2.22 bits per heavy atom. The Bertz CT molecular complexity index is 501. The van der Waals surface area contributed by atoms with Crippen molar-refractivity contribution in [1.82, 2.24) is 9.55 Å². The summed E-state index contributed by atoms with van der Waals surface area (Å²) >= 11 is 0. The molecule has 2 heterocycles. The number of hydrogen-bond acceptors (Lipinski definition) is 2. The van der Waals surface area contributed by atoms with Gasteiger partial charge in [0.1, 0.15) is 5.65 Å². The minimum absolute atomic E-state index is 0.377. The predicted octanol–water partition coefficient (Wildman–Crippen LogP) is 3.29. The van der Waals surface area contributed by atoms with Crippen LogP contribution in [0, 0.1) is 0 Å². The second-order valence-electron chi connectivity index (χ2n) is 4.82. The molecule has 2 aromatic heterocycles. The van der Waals surface area contributed by atoms with Crippen molar-refractivity contribution in [2.75, 3.05) is 6.54 Å². The standard InChI is InChI=1S/C15H23N3/c1-3-5-7-13(10-16)18-11-12(4-2)14-8-6-9-17-15(14)18/h6,8-9,11,13H,3-5,7,10,16H2,1-2H3. The number of nitrogens with two attached hydrogens (primary N) is 1. The summed E-state index contributed by atoms with van der Waals surface area (Å²) in [6.07, 6.45) is 8.72. The molecule has 1 unspecified atom stereocenters. The van der Waals surface area contributed by atoms with Gasteiger partial charge in [-0.3, -0.25) is 0 Å². The molecule has 0 bridgehead atoms. The fourth-order valence-electron chi connectivity index (χ4n) is 2.52. The minimum Gasteiger partial charge on any atom is -0.328 e. The molecular formula is C15H23N3. The summed E-state index contributed by atoms with van der Waals surface area (Å²) in [6, 6.07) is 4.54. The Hall–Kier alpha value is -1.35. The molecular weight excluding hydrogens is 222 g/mol. The largest absolute Gasteiger partial charge is 0.328 e. The maximum absolute atomic E-state index is 5.94. The Morgan fingerprint density at radius 3 is 2.89 bits per heavy atom. The van der Waals surface area contributed by atoms with Gasteiger partial charge in [0.15, 0.2) is 0 Å². The predicted molar refractivity (Wildman–Crippen MR) is 76.7 cm³/mol. The number of nitrogens with zero attached hydrogens (tertiary/aromatic N) is 2. The van der Waals surface area contributed by atoms with Gasteiger partial charge in [-0.1, -0.05) is 26.7 Å². The number of unbranched alkanes of at least 4 members (excludes halogenated alkanes) is 1. The number of hydrogen-bond donors (Lipinski definition) is 1. The van der Waals surface area contributed by atoms with Crippen molar-refractivity contribution < 1.29 is 0 Å². The van der Waals surface area contributed by atoms with Gasteiger partial charge in [-0.05, 0) is 30.5 Å². The lowest BCUT2D eigenvalue weighted by atomic mass is 10.1. The van der Waals surface area contributed by atoms with Crippen LogP contribution in [0.4, 0.5) is 0 Å². The fourth-order valence-corrected chi connectivity index (χ4v) is 2.52. The molecule has 0 fully saturated rings. The molecule has 98 valence electrons. The smallest absolute Gasteiger partial charge is 0.140 e. The van der Waals surface area contributed by atoms with Gasteiger partial charge >= 0.3 is 0 Å². The first kappa shape index (κ1) is 13.1. The SMILES string of the molecule is CCCCC(CN)n1cc(CC)c2cccnc21. The van der Waals surface area contributed by atoms with E-state index in [-0.39, 0.29) is 0 Å².